The molecule has 8 nitrogen and oxygen atoms in total. The molecule has 3 rings (SSSR count). The Bertz CT molecular complexity index is 694. The highest BCUT2D eigenvalue weighted by Gasteiger charge is 2.42. The van der Waals surface area contributed by atoms with Gasteiger partial charge in [0.25, 0.3) is 5.91 Å². The zero-order valence-electron chi connectivity index (χ0n) is 16.7. The van der Waals surface area contributed by atoms with Gasteiger partial charge in [-0.15, -0.1) is 0 Å². The van der Waals surface area contributed by atoms with E-state index in [2.05, 4.69) is 9.88 Å². The number of alkyl halides is 3. The second kappa shape index (κ2) is 10.7. The van der Waals surface area contributed by atoms with Gasteiger partial charge in [0.2, 0.25) is 0 Å². The van der Waals surface area contributed by atoms with E-state index in [1.54, 1.807) is 25.6 Å². The molecule has 0 atom stereocenters. The van der Waals surface area contributed by atoms with E-state index in [4.69, 9.17) is 19.4 Å². The van der Waals surface area contributed by atoms with Gasteiger partial charge in [0.15, 0.2) is 0 Å². The molecule has 30 heavy (non-hydrogen) atoms. The molecule has 168 valence electrons. The van der Waals surface area contributed by atoms with Gasteiger partial charge in [-0.05, 0) is 25.0 Å². The lowest BCUT2D eigenvalue weighted by Crippen LogP contribution is -2.62. The van der Waals surface area contributed by atoms with Crippen molar-refractivity contribution in [2.24, 2.45) is 0 Å². The summed E-state index contributed by atoms with van der Waals surface area (Å²) in [6, 6.07) is 3.63. The highest BCUT2D eigenvalue weighted by atomic mass is 19.4. The minimum absolute atomic E-state index is 0.0580. The van der Waals surface area contributed by atoms with Crippen molar-refractivity contribution >= 4 is 11.9 Å². The van der Waals surface area contributed by atoms with Crippen LogP contribution in [0.25, 0.3) is 0 Å². The number of morpholine rings is 1. The Kier molecular flexibility index (Phi) is 8.56. The number of halogens is 3. The summed E-state index contributed by atoms with van der Waals surface area (Å²) in [5.41, 5.74) is 0.724. The number of carboxylic acid groups (broad SMARTS) is 1. The Hall–Kier alpha value is -2.24. The van der Waals surface area contributed by atoms with Crippen molar-refractivity contribution in [1.82, 2.24) is 14.8 Å². The second-order valence-electron chi connectivity index (χ2n) is 7.09. The Balaban J connectivity index is 0.000000396. The predicted molar refractivity (Wildman–Crippen MR) is 100 cm³/mol. The van der Waals surface area contributed by atoms with Crippen LogP contribution in [0.4, 0.5) is 13.2 Å². The number of aliphatic carboxylic acids is 1. The molecule has 0 bridgehead atoms. The minimum atomic E-state index is -5.08. The summed E-state index contributed by atoms with van der Waals surface area (Å²) in [5, 5.41) is 7.12. The summed E-state index contributed by atoms with van der Waals surface area (Å²) in [6.45, 7) is 5.67. The van der Waals surface area contributed by atoms with E-state index < -0.39 is 12.1 Å². The average Bonchev–Trinajstić information content (AvgIpc) is 2.74. The topological polar surface area (TPSA) is 92.2 Å². The fourth-order valence-electron chi connectivity index (χ4n) is 3.57. The summed E-state index contributed by atoms with van der Waals surface area (Å²) < 4.78 is 42.7. The van der Waals surface area contributed by atoms with Crippen LogP contribution in [-0.2, 0) is 14.3 Å². The van der Waals surface area contributed by atoms with Crippen LogP contribution in [0.3, 0.4) is 0 Å². The number of piperidine rings is 1. The molecule has 2 aliphatic heterocycles. The van der Waals surface area contributed by atoms with Gasteiger partial charge in [-0.1, -0.05) is 0 Å². The van der Waals surface area contributed by atoms with Crippen LogP contribution in [-0.4, -0.2) is 96.6 Å². The van der Waals surface area contributed by atoms with E-state index in [0.29, 0.717) is 5.56 Å². The Labute approximate surface area is 172 Å². The normalized spacial score (nSPS) is 19.1. The number of hydrogen-bond donors (Lipinski definition) is 1. The Morgan fingerprint density at radius 3 is 2.50 bits per heavy atom. The molecule has 0 unspecified atom stereocenters. The van der Waals surface area contributed by atoms with E-state index in [1.165, 1.54) is 0 Å². The third-order valence-electron chi connectivity index (χ3n) is 5.24. The molecule has 2 saturated heterocycles. The SMILES string of the molecule is COCCN1CCOCC12CCN(C(=O)c1cccnc1)CC2.O=C(O)C(F)(F)F. The molecule has 3 heterocycles. The molecule has 0 radical (unpaired) electrons. The predicted octanol–water partition coefficient (Wildman–Crippen LogP) is 1.67. The fraction of sp³-hybridized carbons (Fsp3) is 0.632. The second-order valence-corrected chi connectivity index (χ2v) is 7.09. The number of carbonyl (C=O) groups is 2. The monoisotopic (exact) mass is 433 g/mol. The van der Waals surface area contributed by atoms with Gasteiger partial charge >= 0.3 is 12.1 Å². The van der Waals surface area contributed by atoms with Crippen molar-refractivity contribution in [3.05, 3.63) is 30.1 Å². The van der Waals surface area contributed by atoms with Gasteiger partial charge in [0, 0.05) is 51.2 Å². The van der Waals surface area contributed by atoms with E-state index in [1.807, 2.05) is 11.0 Å². The van der Waals surface area contributed by atoms with E-state index >= 15 is 0 Å². The fourth-order valence-corrected chi connectivity index (χ4v) is 3.57. The third-order valence-corrected chi connectivity index (χ3v) is 5.24. The molecular weight excluding hydrogens is 407 g/mol. The molecule has 11 heteroatoms. The number of likely N-dealkylation sites (tertiary alicyclic amines) is 1. The van der Waals surface area contributed by atoms with Crippen LogP contribution in [0.2, 0.25) is 0 Å². The van der Waals surface area contributed by atoms with Crippen molar-refractivity contribution < 1.29 is 37.3 Å². The number of carboxylic acids is 1. The Morgan fingerprint density at radius 2 is 1.97 bits per heavy atom. The molecule has 1 aromatic rings. The first-order valence-electron chi connectivity index (χ1n) is 9.51. The molecule has 1 N–H and O–H groups in total. The first-order valence-corrected chi connectivity index (χ1v) is 9.51. The lowest BCUT2D eigenvalue weighted by Gasteiger charge is -2.51. The van der Waals surface area contributed by atoms with Crippen LogP contribution in [0.5, 0.6) is 0 Å². The van der Waals surface area contributed by atoms with Crippen molar-refractivity contribution in [3.8, 4) is 0 Å². The maximum absolute atomic E-state index is 12.5. The third kappa shape index (κ3) is 6.38. The molecule has 1 spiro atoms. The van der Waals surface area contributed by atoms with Crippen LogP contribution in [0.1, 0.15) is 23.2 Å². The summed E-state index contributed by atoms with van der Waals surface area (Å²) in [7, 11) is 1.74. The molecular formula is C19H26F3N3O5. The lowest BCUT2D eigenvalue weighted by molar-refractivity contribution is -0.192. The number of ether oxygens (including phenoxy) is 2. The van der Waals surface area contributed by atoms with Crippen LogP contribution < -0.4 is 0 Å². The van der Waals surface area contributed by atoms with E-state index in [9.17, 15) is 18.0 Å². The largest absolute Gasteiger partial charge is 0.490 e. The minimum Gasteiger partial charge on any atom is -0.475 e. The Morgan fingerprint density at radius 1 is 1.30 bits per heavy atom. The van der Waals surface area contributed by atoms with Gasteiger partial charge in [-0.25, -0.2) is 4.79 Å². The van der Waals surface area contributed by atoms with Crippen molar-refractivity contribution in [2.45, 2.75) is 24.6 Å². The zero-order chi connectivity index (χ0) is 22.2. The van der Waals surface area contributed by atoms with Gasteiger partial charge in [0.05, 0.1) is 25.4 Å². The molecule has 1 amide bonds. The average molecular weight is 433 g/mol. The molecule has 0 saturated carbocycles. The van der Waals surface area contributed by atoms with E-state index in [-0.39, 0.29) is 11.4 Å². The van der Waals surface area contributed by atoms with Crippen LogP contribution in [0, 0.1) is 0 Å². The maximum Gasteiger partial charge on any atom is 0.490 e. The summed E-state index contributed by atoms with van der Waals surface area (Å²) >= 11 is 0. The molecule has 2 aliphatic rings. The first kappa shape index (κ1) is 24.0. The lowest BCUT2D eigenvalue weighted by atomic mass is 9.85. The smallest absolute Gasteiger partial charge is 0.475 e. The highest BCUT2D eigenvalue weighted by molar-refractivity contribution is 5.93. The van der Waals surface area contributed by atoms with E-state index in [0.717, 1.165) is 58.8 Å². The summed E-state index contributed by atoms with van der Waals surface area (Å²) in [5.74, 6) is -2.68. The number of hydrogen-bond acceptors (Lipinski definition) is 6. The molecule has 2 fully saturated rings. The first-order chi connectivity index (χ1) is 14.2. The number of amides is 1. The molecule has 0 aliphatic carbocycles. The highest BCUT2D eigenvalue weighted by Crippen LogP contribution is 2.32. The zero-order valence-corrected chi connectivity index (χ0v) is 16.7. The standard InChI is InChI=1S/C17H25N3O3.C2HF3O2/c1-22-11-9-20-10-12-23-14-17(20)4-7-19(8-5-17)16(21)15-3-2-6-18-13-15;3-2(4,5)1(6)7/h2-3,6,13H,4-5,7-12,14H2,1H3;(H,6,7). The summed E-state index contributed by atoms with van der Waals surface area (Å²) in [6.07, 6.45) is 0.141. The number of pyridine rings is 1. The molecule has 1 aromatic heterocycles. The number of aromatic nitrogens is 1. The van der Waals surface area contributed by atoms with Gasteiger partial charge in [-0.2, -0.15) is 13.2 Å². The van der Waals surface area contributed by atoms with Crippen molar-refractivity contribution in [3.63, 3.8) is 0 Å². The van der Waals surface area contributed by atoms with Crippen molar-refractivity contribution in [2.75, 3.05) is 53.1 Å². The van der Waals surface area contributed by atoms with Gasteiger partial charge in [0.1, 0.15) is 0 Å². The number of rotatable bonds is 4. The number of carbonyl (C=O) groups excluding carboxylic acids is 1. The van der Waals surface area contributed by atoms with Gasteiger partial charge in [-0.3, -0.25) is 14.7 Å². The quantitative estimate of drug-likeness (QED) is 0.772. The molecule has 0 aromatic carbocycles. The summed E-state index contributed by atoms with van der Waals surface area (Å²) in [4.78, 5) is 29.9. The maximum atomic E-state index is 12.5. The number of methoxy groups -OCH3 is 1. The van der Waals surface area contributed by atoms with Gasteiger partial charge < -0.3 is 19.5 Å². The van der Waals surface area contributed by atoms with Crippen LogP contribution in [0.15, 0.2) is 24.5 Å². The van der Waals surface area contributed by atoms with Crippen molar-refractivity contribution in [1.29, 1.82) is 0 Å². The number of nitrogens with zero attached hydrogens (tertiary/aromatic N) is 3. The van der Waals surface area contributed by atoms with Crippen LogP contribution >= 0.6 is 0 Å².